The first-order chi connectivity index (χ1) is 5.55. The van der Waals surface area contributed by atoms with Crippen molar-refractivity contribution in [3.8, 4) is 0 Å². The van der Waals surface area contributed by atoms with Crippen molar-refractivity contribution >= 4 is 18.4 Å². The van der Waals surface area contributed by atoms with Gasteiger partial charge in [0.25, 0.3) is 0 Å². The van der Waals surface area contributed by atoms with E-state index in [0.717, 1.165) is 5.56 Å². The van der Waals surface area contributed by atoms with Gasteiger partial charge in [0.15, 0.2) is 0 Å². The molecule has 0 radical (unpaired) electrons. The van der Waals surface area contributed by atoms with E-state index >= 15 is 0 Å². The van der Waals surface area contributed by atoms with Crippen molar-refractivity contribution in [2.24, 2.45) is 0 Å². The van der Waals surface area contributed by atoms with E-state index in [4.69, 9.17) is 5.11 Å². The van der Waals surface area contributed by atoms with E-state index in [-0.39, 0.29) is 12.4 Å². The lowest BCUT2D eigenvalue weighted by Gasteiger charge is -2.18. The van der Waals surface area contributed by atoms with Gasteiger partial charge in [0.1, 0.15) is 0 Å². The van der Waals surface area contributed by atoms with Crippen LogP contribution in [0.2, 0.25) is 0 Å². The molecule has 4 heteroatoms. The highest BCUT2D eigenvalue weighted by molar-refractivity contribution is 5.85. The summed E-state index contributed by atoms with van der Waals surface area (Å²) >= 11 is 0. The zero-order chi connectivity index (χ0) is 9.19. The summed E-state index contributed by atoms with van der Waals surface area (Å²) in [5.74, 6) is -0.837. The van der Waals surface area contributed by atoms with Crippen LogP contribution in [-0.4, -0.2) is 16.1 Å². The minimum absolute atomic E-state index is 0. The zero-order valence-corrected chi connectivity index (χ0v) is 8.34. The average molecular weight is 202 g/mol. The maximum atomic E-state index is 10.8. The number of hydrogen-bond acceptors (Lipinski definition) is 2. The molecule has 1 aromatic heterocycles. The Balaban J connectivity index is 0.00000144. The predicted molar refractivity (Wildman–Crippen MR) is 52.1 cm³/mol. The van der Waals surface area contributed by atoms with Crippen LogP contribution in [0.1, 0.15) is 19.4 Å². The summed E-state index contributed by atoms with van der Waals surface area (Å²) in [7, 11) is 0. The number of rotatable bonds is 2. The minimum Gasteiger partial charge on any atom is -0.481 e. The summed E-state index contributed by atoms with van der Waals surface area (Å²) in [5.41, 5.74) is -0.133. The number of nitrogens with zero attached hydrogens (tertiary/aromatic N) is 1. The minimum atomic E-state index is -0.853. The summed E-state index contributed by atoms with van der Waals surface area (Å²) < 4.78 is 0. The molecule has 0 aliphatic rings. The third-order valence-corrected chi connectivity index (χ3v) is 1.92. The lowest BCUT2D eigenvalue weighted by molar-refractivity contribution is -0.142. The van der Waals surface area contributed by atoms with Crippen LogP contribution < -0.4 is 0 Å². The number of carboxylic acid groups (broad SMARTS) is 1. The van der Waals surface area contributed by atoms with Gasteiger partial charge >= 0.3 is 5.97 Å². The van der Waals surface area contributed by atoms with Gasteiger partial charge in [0.05, 0.1) is 5.41 Å². The fourth-order valence-electron chi connectivity index (χ4n) is 0.856. The standard InChI is InChI=1S/C9H11NO2.ClH/c1-9(2,8(11)12)7-4-3-5-10-6-7;/h3-6H,1-2H3,(H,11,12);1H. The van der Waals surface area contributed by atoms with Crippen LogP contribution in [0, 0.1) is 0 Å². The molecule has 0 bridgehead atoms. The maximum absolute atomic E-state index is 10.8. The van der Waals surface area contributed by atoms with Crippen LogP contribution in [0.4, 0.5) is 0 Å². The molecule has 13 heavy (non-hydrogen) atoms. The molecule has 0 saturated heterocycles. The Morgan fingerprint density at radius 3 is 2.54 bits per heavy atom. The summed E-state index contributed by atoms with van der Waals surface area (Å²) in [4.78, 5) is 14.7. The molecule has 0 spiro atoms. The SMILES string of the molecule is CC(C)(C(=O)O)c1cccnc1.Cl. The van der Waals surface area contributed by atoms with Gasteiger partial charge in [-0.2, -0.15) is 0 Å². The predicted octanol–water partition coefficient (Wildman–Crippen LogP) is 1.87. The van der Waals surface area contributed by atoms with Gasteiger partial charge in [-0.3, -0.25) is 9.78 Å². The van der Waals surface area contributed by atoms with Crippen molar-refractivity contribution in [3.63, 3.8) is 0 Å². The Kier molecular flexibility index (Phi) is 3.88. The largest absolute Gasteiger partial charge is 0.481 e. The number of hydrogen-bond donors (Lipinski definition) is 1. The maximum Gasteiger partial charge on any atom is 0.313 e. The van der Waals surface area contributed by atoms with E-state index < -0.39 is 11.4 Å². The molecular weight excluding hydrogens is 190 g/mol. The molecule has 72 valence electrons. The van der Waals surface area contributed by atoms with Crippen LogP contribution >= 0.6 is 12.4 Å². The highest BCUT2D eigenvalue weighted by Crippen LogP contribution is 2.21. The van der Waals surface area contributed by atoms with E-state index in [0.29, 0.717) is 0 Å². The smallest absolute Gasteiger partial charge is 0.313 e. The molecule has 0 saturated carbocycles. The molecule has 0 aliphatic carbocycles. The van der Waals surface area contributed by atoms with E-state index in [1.54, 1.807) is 38.4 Å². The van der Waals surface area contributed by atoms with Crippen molar-refractivity contribution in [3.05, 3.63) is 30.1 Å². The lowest BCUT2D eigenvalue weighted by atomic mass is 9.86. The third kappa shape index (κ3) is 2.42. The molecule has 1 rings (SSSR count). The first-order valence-corrected chi connectivity index (χ1v) is 3.69. The van der Waals surface area contributed by atoms with Gasteiger partial charge in [0.2, 0.25) is 0 Å². The van der Waals surface area contributed by atoms with Crippen molar-refractivity contribution in [1.29, 1.82) is 0 Å². The summed E-state index contributed by atoms with van der Waals surface area (Å²) in [6.07, 6.45) is 3.20. The van der Waals surface area contributed by atoms with E-state index in [9.17, 15) is 4.79 Å². The highest BCUT2D eigenvalue weighted by atomic mass is 35.5. The molecule has 1 heterocycles. The number of carbonyl (C=O) groups is 1. The molecule has 0 amide bonds. The van der Waals surface area contributed by atoms with Crippen LogP contribution in [0.15, 0.2) is 24.5 Å². The molecule has 1 N–H and O–H groups in total. The fourth-order valence-corrected chi connectivity index (χ4v) is 0.856. The fraction of sp³-hybridized carbons (Fsp3) is 0.333. The van der Waals surface area contributed by atoms with Crippen LogP contribution in [0.25, 0.3) is 0 Å². The Labute approximate surface area is 83.2 Å². The topological polar surface area (TPSA) is 50.2 Å². The second-order valence-electron chi connectivity index (χ2n) is 3.17. The van der Waals surface area contributed by atoms with E-state index in [2.05, 4.69) is 4.98 Å². The Morgan fingerprint density at radius 2 is 2.15 bits per heavy atom. The first kappa shape index (κ1) is 11.9. The summed E-state index contributed by atoms with van der Waals surface area (Å²) in [6.45, 7) is 3.32. The van der Waals surface area contributed by atoms with Crippen molar-refractivity contribution in [2.75, 3.05) is 0 Å². The van der Waals surface area contributed by atoms with Crippen LogP contribution in [0.3, 0.4) is 0 Å². The monoisotopic (exact) mass is 201 g/mol. The second kappa shape index (κ2) is 4.23. The molecule has 0 atom stereocenters. The van der Waals surface area contributed by atoms with Gasteiger partial charge in [-0.1, -0.05) is 6.07 Å². The van der Waals surface area contributed by atoms with Gasteiger partial charge in [-0.05, 0) is 25.5 Å². The molecular formula is C9H12ClNO2. The number of aromatic nitrogens is 1. The summed E-state index contributed by atoms with van der Waals surface area (Å²) in [5, 5.41) is 8.87. The normalized spacial score (nSPS) is 10.3. The van der Waals surface area contributed by atoms with Gasteiger partial charge in [-0.25, -0.2) is 0 Å². The molecule has 0 unspecified atom stereocenters. The lowest BCUT2D eigenvalue weighted by Crippen LogP contribution is -2.28. The Bertz CT molecular complexity index is 285. The molecule has 0 aliphatic heterocycles. The van der Waals surface area contributed by atoms with Crippen LogP contribution in [-0.2, 0) is 10.2 Å². The van der Waals surface area contributed by atoms with Gasteiger partial charge < -0.3 is 5.11 Å². The van der Waals surface area contributed by atoms with Gasteiger partial charge in [0, 0.05) is 12.4 Å². The Hall–Kier alpha value is -1.09. The van der Waals surface area contributed by atoms with Crippen molar-refractivity contribution < 1.29 is 9.90 Å². The summed E-state index contributed by atoms with van der Waals surface area (Å²) in [6, 6.07) is 3.50. The molecule has 0 aromatic carbocycles. The first-order valence-electron chi connectivity index (χ1n) is 3.69. The highest BCUT2D eigenvalue weighted by Gasteiger charge is 2.29. The van der Waals surface area contributed by atoms with E-state index in [1.807, 2.05) is 0 Å². The third-order valence-electron chi connectivity index (χ3n) is 1.92. The number of aliphatic carboxylic acids is 1. The van der Waals surface area contributed by atoms with Crippen LogP contribution in [0.5, 0.6) is 0 Å². The zero-order valence-electron chi connectivity index (χ0n) is 7.52. The number of halogens is 1. The van der Waals surface area contributed by atoms with Crippen molar-refractivity contribution in [1.82, 2.24) is 4.98 Å². The quantitative estimate of drug-likeness (QED) is 0.795. The van der Waals surface area contributed by atoms with Crippen molar-refractivity contribution in [2.45, 2.75) is 19.3 Å². The molecule has 1 aromatic rings. The number of carboxylic acids is 1. The average Bonchev–Trinajstić information content (AvgIpc) is 2.06. The number of pyridine rings is 1. The van der Waals surface area contributed by atoms with E-state index in [1.165, 1.54) is 0 Å². The van der Waals surface area contributed by atoms with Gasteiger partial charge in [-0.15, -0.1) is 12.4 Å². The molecule has 0 fully saturated rings. The molecule has 3 nitrogen and oxygen atoms in total. The second-order valence-corrected chi connectivity index (χ2v) is 3.17. The Morgan fingerprint density at radius 1 is 1.54 bits per heavy atom.